The molecule has 6 nitrogen and oxygen atoms in total. The Morgan fingerprint density at radius 1 is 1.25 bits per heavy atom. The van der Waals surface area contributed by atoms with E-state index in [4.69, 9.17) is 4.42 Å². The number of aromatic nitrogens is 1. The van der Waals surface area contributed by atoms with Gasteiger partial charge in [-0.05, 0) is 36.2 Å². The first-order valence-corrected chi connectivity index (χ1v) is 11.4. The molecule has 0 radical (unpaired) electrons. The Morgan fingerprint density at radius 3 is 2.97 bits per heavy atom. The van der Waals surface area contributed by atoms with Crippen LogP contribution in [0.1, 0.15) is 12.0 Å². The molecule has 0 aliphatic carbocycles. The highest BCUT2D eigenvalue weighted by atomic mass is 32.1. The van der Waals surface area contributed by atoms with Gasteiger partial charge in [-0.2, -0.15) is 0 Å². The van der Waals surface area contributed by atoms with Crippen LogP contribution in [0.4, 0.5) is 9.52 Å². The summed E-state index contributed by atoms with van der Waals surface area (Å²) in [5.41, 5.74) is 2.32. The zero-order valence-electron chi connectivity index (χ0n) is 17.2. The maximum atomic E-state index is 13.3. The molecule has 1 saturated heterocycles. The Balaban J connectivity index is 1.28. The number of anilines is 1. The molecule has 3 heterocycles. The molecule has 1 aliphatic rings. The van der Waals surface area contributed by atoms with Crippen molar-refractivity contribution >= 4 is 33.3 Å². The molecule has 2 atom stereocenters. The van der Waals surface area contributed by atoms with E-state index in [9.17, 15) is 14.3 Å². The van der Waals surface area contributed by atoms with E-state index in [1.807, 2.05) is 46.7 Å². The molecule has 2 N–H and O–H groups in total. The lowest BCUT2D eigenvalue weighted by molar-refractivity contribution is -0.122. The number of furan rings is 1. The number of nitrogens with one attached hydrogen (secondary N) is 1. The number of aliphatic hydroxyl groups excluding tert-OH is 1. The van der Waals surface area contributed by atoms with Gasteiger partial charge in [0.05, 0.1) is 6.10 Å². The monoisotopic (exact) mass is 451 g/mol. The summed E-state index contributed by atoms with van der Waals surface area (Å²) in [6.07, 6.45) is 0.268. The second-order valence-corrected chi connectivity index (χ2v) is 8.73. The number of β-amino-alcohol motifs (C(OH)–C–C–N with tert-alkyl or cyclic N) is 1. The van der Waals surface area contributed by atoms with Crippen LogP contribution in [0.2, 0.25) is 0 Å². The summed E-state index contributed by atoms with van der Waals surface area (Å²) >= 11 is 1.42. The van der Waals surface area contributed by atoms with E-state index >= 15 is 0 Å². The van der Waals surface area contributed by atoms with Crippen LogP contribution in [0, 0.1) is 5.82 Å². The van der Waals surface area contributed by atoms with E-state index in [-0.39, 0.29) is 11.7 Å². The first-order valence-electron chi connectivity index (χ1n) is 10.5. The van der Waals surface area contributed by atoms with Gasteiger partial charge in [-0.15, -0.1) is 11.3 Å². The van der Waals surface area contributed by atoms with Crippen molar-refractivity contribution in [3.63, 3.8) is 0 Å². The number of thiazole rings is 1. The minimum absolute atomic E-state index is 0.168. The summed E-state index contributed by atoms with van der Waals surface area (Å²) in [7, 11) is 0. The third-order valence-electron chi connectivity index (χ3n) is 5.60. The van der Waals surface area contributed by atoms with Crippen LogP contribution in [0.15, 0.2) is 64.4 Å². The second-order valence-electron chi connectivity index (χ2n) is 7.89. The molecule has 1 unspecified atom stereocenters. The van der Waals surface area contributed by atoms with E-state index in [0.29, 0.717) is 42.5 Å². The predicted octanol–water partition coefficient (Wildman–Crippen LogP) is 3.99. The number of carbonyl (C=O) groups excluding carboxylic acids is 1. The first kappa shape index (κ1) is 20.7. The number of carbonyl (C=O) groups is 1. The van der Waals surface area contributed by atoms with Crippen LogP contribution in [0.3, 0.4) is 0 Å². The van der Waals surface area contributed by atoms with E-state index in [1.165, 1.54) is 23.5 Å². The Hall–Kier alpha value is -3.23. The standard InChI is InChI=1S/C24H22FN3O3S/c25-17-6-3-4-15(10-17)8-9-26-23(30)20-12-18(29)13-28(20)24-27-19(14-32-24)22-11-16-5-1-2-7-21(16)31-22/h1-7,10-11,14,18,20,29H,8-9,12-13H2,(H,26,30)/t18?,20-/m0/s1. The number of amides is 1. The highest BCUT2D eigenvalue weighted by Crippen LogP contribution is 2.34. The van der Waals surface area contributed by atoms with Gasteiger partial charge < -0.3 is 19.7 Å². The fourth-order valence-electron chi connectivity index (χ4n) is 4.03. The molecule has 4 aromatic rings. The molecule has 8 heteroatoms. The molecule has 0 bridgehead atoms. The topological polar surface area (TPSA) is 78.6 Å². The van der Waals surface area contributed by atoms with Crippen molar-refractivity contribution in [1.82, 2.24) is 10.3 Å². The highest BCUT2D eigenvalue weighted by Gasteiger charge is 2.37. The van der Waals surface area contributed by atoms with Gasteiger partial charge in [-0.25, -0.2) is 9.37 Å². The molecule has 2 aromatic heterocycles. The largest absolute Gasteiger partial charge is 0.454 e. The van der Waals surface area contributed by atoms with Crippen LogP contribution < -0.4 is 10.2 Å². The van der Waals surface area contributed by atoms with Crippen molar-refractivity contribution in [2.75, 3.05) is 18.0 Å². The van der Waals surface area contributed by atoms with Crippen LogP contribution in [-0.2, 0) is 11.2 Å². The number of nitrogens with zero attached hydrogens (tertiary/aromatic N) is 2. The molecule has 0 saturated carbocycles. The van der Waals surface area contributed by atoms with Gasteiger partial charge in [-0.1, -0.05) is 30.3 Å². The van der Waals surface area contributed by atoms with E-state index < -0.39 is 12.1 Å². The van der Waals surface area contributed by atoms with Gasteiger partial charge in [0.15, 0.2) is 10.9 Å². The van der Waals surface area contributed by atoms with E-state index in [1.54, 1.807) is 6.07 Å². The first-order chi connectivity index (χ1) is 15.6. The number of benzene rings is 2. The van der Waals surface area contributed by atoms with Gasteiger partial charge in [0, 0.05) is 30.3 Å². The van der Waals surface area contributed by atoms with Crippen LogP contribution in [0.25, 0.3) is 22.4 Å². The molecule has 164 valence electrons. The number of halogens is 1. The Bertz CT molecular complexity index is 1220. The van der Waals surface area contributed by atoms with Crippen LogP contribution in [-0.4, -0.2) is 41.2 Å². The molecular formula is C24H22FN3O3S. The lowest BCUT2D eigenvalue weighted by Gasteiger charge is -2.22. The molecule has 1 amide bonds. The normalized spacial score (nSPS) is 18.4. The van der Waals surface area contributed by atoms with Crippen LogP contribution >= 0.6 is 11.3 Å². The summed E-state index contributed by atoms with van der Waals surface area (Å²) < 4.78 is 19.2. The minimum atomic E-state index is -0.604. The Morgan fingerprint density at radius 2 is 2.12 bits per heavy atom. The Kier molecular flexibility index (Phi) is 5.63. The third-order valence-corrected chi connectivity index (χ3v) is 6.48. The average Bonchev–Trinajstić information content (AvgIpc) is 3.51. The highest BCUT2D eigenvalue weighted by molar-refractivity contribution is 7.14. The van der Waals surface area contributed by atoms with Crippen molar-refractivity contribution < 1.29 is 18.7 Å². The van der Waals surface area contributed by atoms with Gasteiger partial charge in [-0.3, -0.25) is 4.79 Å². The fourth-order valence-corrected chi connectivity index (χ4v) is 4.91. The van der Waals surface area contributed by atoms with Gasteiger partial charge in [0.1, 0.15) is 23.1 Å². The molecule has 0 spiro atoms. The third kappa shape index (κ3) is 4.24. The van der Waals surface area contributed by atoms with Crippen molar-refractivity contribution in [2.45, 2.75) is 25.0 Å². The molecule has 32 heavy (non-hydrogen) atoms. The lowest BCUT2D eigenvalue weighted by Crippen LogP contribution is -2.44. The number of fused-ring (bicyclic) bond motifs is 1. The number of para-hydroxylation sites is 1. The lowest BCUT2D eigenvalue weighted by atomic mass is 10.1. The van der Waals surface area contributed by atoms with E-state index in [2.05, 4.69) is 10.3 Å². The number of hydrogen-bond acceptors (Lipinski definition) is 6. The summed E-state index contributed by atoms with van der Waals surface area (Å²) in [6.45, 7) is 0.736. The van der Waals surface area contributed by atoms with Gasteiger partial charge >= 0.3 is 0 Å². The van der Waals surface area contributed by atoms with E-state index in [0.717, 1.165) is 16.5 Å². The molecule has 2 aromatic carbocycles. The molecule has 1 fully saturated rings. The van der Waals surface area contributed by atoms with Gasteiger partial charge in [0.2, 0.25) is 5.91 Å². The maximum absolute atomic E-state index is 13.3. The minimum Gasteiger partial charge on any atom is -0.454 e. The summed E-state index contributed by atoms with van der Waals surface area (Å²) in [6, 6.07) is 15.6. The van der Waals surface area contributed by atoms with Gasteiger partial charge in [0.25, 0.3) is 0 Å². The van der Waals surface area contributed by atoms with Crippen molar-refractivity contribution in [1.29, 1.82) is 0 Å². The van der Waals surface area contributed by atoms with Crippen molar-refractivity contribution in [3.05, 3.63) is 71.4 Å². The SMILES string of the molecule is O=C(NCCc1cccc(F)c1)[C@@H]1CC(O)CN1c1nc(-c2cc3ccccc3o2)cs1. The molecular weight excluding hydrogens is 429 g/mol. The van der Waals surface area contributed by atoms with Crippen molar-refractivity contribution in [3.8, 4) is 11.5 Å². The zero-order chi connectivity index (χ0) is 22.1. The summed E-state index contributed by atoms with van der Waals surface area (Å²) in [5.74, 6) is 0.214. The maximum Gasteiger partial charge on any atom is 0.242 e. The predicted molar refractivity (Wildman–Crippen MR) is 122 cm³/mol. The quantitative estimate of drug-likeness (QED) is 0.463. The number of aliphatic hydroxyl groups is 1. The average molecular weight is 452 g/mol. The molecule has 1 aliphatic heterocycles. The smallest absolute Gasteiger partial charge is 0.242 e. The van der Waals surface area contributed by atoms with Crippen molar-refractivity contribution in [2.24, 2.45) is 0 Å². The molecule has 5 rings (SSSR count). The number of rotatable bonds is 6. The van der Waals surface area contributed by atoms with Crippen LogP contribution in [0.5, 0.6) is 0 Å². The fraction of sp³-hybridized carbons (Fsp3) is 0.250. The zero-order valence-corrected chi connectivity index (χ0v) is 18.0. The second kappa shape index (κ2) is 8.72. The summed E-state index contributed by atoms with van der Waals surface area (Å²) in [5, 5.41) is 16.7. The Labute approximate surface area is 188 Å². The number of hydrogen-bond donors (Lipinski definition) is 2. The summed E-state index contributed by atoms with van der Waals surface area (Å²) in [4.78, 5) is 19.4.